The van der Waals surface area contributed by atoms with Crippen molar-refractivity contribution in [3.8, 4) is 11.5 Å². The maximum absolute atomic E-state index is 12.9. The summed E-state index contributed by atoms with van der Waals surface area (Å²) in [5.74, 6) is -0.338. The average Bonchev–Trinajstić information content (AvgIpc) is 2.65. The zero-order valence-electron chi connectivity index (χ0n) is 18.1. The molecule has 0 saturated heterocycles. The maximum Gasteiger partial charge on any atom is 0.330 e. The second kappa shape index (κ2) is 11.9. The Morgan fingerprint density at radius 2 is 1.97 bits per heavy atom. The Kier molecular flexibility index (Phi) is 10.2. The van der Waals surface area contributed by atoms with Crippen molar-refractivity contribution in [3.05, 3.63) is 23.8 Å². The number of nitrogens with two attached hydrogens (primary N) is 1. The Labute approximate surface area is 179 Å². The van der Waals surface area contributed by atoms with Crippen molar-refractivity contribution in [2.75, 3.05) is 19.5 Å². The molecule has 1 aromatic carbocycles. The third kappa shape index (κ3) is 7.92. The quantitative estimate of drug-likeness (QED) is 0.253. The molecule has 0 radical (unpaired) electrons. The van der Waals surface area contributed by atoms with Gasteiger partial charge in [0, 0.05) is 18.9 Å². The zero-order valence-corrected chi connectivity index (χ0v) is 18.9. The summed E-state index contributed by atoms with van der Waals surface area (Å²) in [5.41, 5.74) is 5.09. The number of amides is 1. The van der Waals surface area contributed by atoms with Crippen LogP contribution in [0.4, 0.5) is 0 Å². The lowest BCUT2D eigenvalue weighted by Crippen LogP contribution is -2.49. The molecule has 9 nitrogen and oxygen atoms in total. The lowest BCUT2D eigenvalue weighted by atomic mass is 9.99. The number of rotatable bonds is 12. The number of nitrogens with one attached hydrogen (secondary N) is 1. The van der Waals surface area contributed by atoms with Gasteiger partial charge in [-0.2, -0.15) is 0 Å². The number of methoxy groups -OCH3 is 1. The molecule has 170 valence electrons. The van der Waals surface area contributed by atoms with Crippen LogP contribution >= 0.6 is 0 Å². The van der Waals surface area contributed by atoms with Gasteiger partial charge in [-0.1, -0.05) is 13.8 Å². The summed E-state index contributed by atoms with van der Waals surface area (Å²) < 4.78 is 37.0. The lowest BCUT2D eigenvalue weighted by molar-refractivity contribution is -0.165. The molecular weight excluding hydrogens is 412 g/mol. The standard InChI is InChI=1S/C20H32N2O7S/c1-6-28-18-12-15(7-8-17(18)27-5)20(21,9-10-30(25)26)29-19(24)16(11-13(2)3)22-14(4)23/h7-8,12-13,16H,6,9-11,21H2,1-5H3,(H,22,23)(H,25,26)/t16-,20-/m0/s1. The molecular formula is C20H32N2O7S. The molecule has 0 heterocycles. The van der Waals surface area contributed by atoms with Crippen molar-refractivity contribution < 1.29 is 32.6 Å². The van der Waals surface area contributed by atoms with E-state index in [-0.39, 0.29) is 24.0 Å². The molecule has 1 aromatic rings. The number of hydrogen-bond acceptors (Lipinski definition) is 7. The molecule has 30 heavy (non-hydrogen) atoms. The van der Waals surface area contributed by atoms with Gasteiger partial charge >= 0.3 is 5.97 Å². The van der Waals surface area contributed by atoms with Gasteiger partial charge in [0.05, 0.1) is 19.5 Å². The predicted octanol–water partition coefficient (Wildman–Crippen LogP) is 1.91. The van der Waals surface area contributed by atoms with E-state index in [9.17, 15) is 18.4 Å². The van der Waals surface area contributed by atoms with Crippen molar-refractivity contribution in [2.24, 2.45) is 11.7 Å². The average molecular weight is 445 g/mol. The molecule has 1 rings (SSSR count). The van der Waals surface area contributed by atoms with Gasteiger partial charge in [-0.05, 0) is 37.5 Å². The van der Waals surface area contributed by atoms with Crippen molar-refractivity contribution in [1.82, 2.24) is 5.32 Å². The van der Waals surface area contributed by atoms with Gasteiger partial charge in [0.1, 0.15) is 6.04 Å². The normalized spacial score (nSPS) is 15.1. The topological polar surface area (TPSA) is 137 Å². The molecule has 4 N–H and O–H groups in total. The fraction of sp³-hybridized carbons (Fsp3) is 0.600. The van der Waals surface area contributed by atoms with Gasteiger partial charge in [0.2, 0.25) is 5.91 Å². The summed E-state index contributed by atoms with van der Waals surface area (Å²) in [6.45, 7) is 7.30. The maximum atomic E-state index is 12.9. The van der Waals surface area contributed by atoms with Crippen molar-refractivity contribution in [2.45, 2.75) is 52.3 Å². The molecule has 0 aliphatic rings. The highest BCUT2D eigenvalue weighted by atomic mass is 32.2. The summed E-state index contributed by atoms with van der Waals surface area (Å²) in [4.78, 5) is 24.4. The third-order valence-corrected chi connectivity index (χ3v) is 4.81. The second-order valence-electron chi connectivity index (χ2n) is 7.27. The van der Waals surface area contributed by atoms with Crippen LogP contribution in [0.15, 0.2) is 18.2 Å². The lowest BCUT2D eigenvalue weighted by Gasteiger charge is -2.32. The van der Waals surface area contributed by atoms with E-state index >= 15 is 0 Å². The van der Waals surface area contributed by atoms with Gasteiger partial charge in [-0.3, -0.25) is 10.5 Å². The van der Waals surface area contributed by atoms with Crippen LogP contribution in [0.25, 0.3) is 0 Å². The number of esters is 1. The first-order valence-corrected chi connectivity index (χ1v) is 11.0. The minimum atomic E-state index is -2.14. The van der Waals surface area contributed by atoms with Crippen LogP contribution in [-0.4, -0.2) is 46.1 Å². The summed E-state index contributed by atoms with van der Waals surface area (Å²) in [6, 6.07) is 3.90. The molecule has 1 unspecified atom stereocenters. The van der Waals surface area contributed by atoms with E-state index in [1.54, 1.807) is 25.1 Å². The van der Waals surface area contributed by atoms with Crippen LogP contribution < -0.4 is 20.5 Å². The summed E-state index contributed by atoms with van der Waals surface area (Å²) >= 11 is -2.14. The van der Waals surface area contributed by atoms with Crippen LogP contribution in [0, 0.1) is 5.92 Å². The minimum Gasteiger partial charge on any atom is -0.493 e. The van der Waals surface area contributed by atoms with Crippen LogP contribution in [0.5, 0.6) is 11.5 Å². The van der Waals surface area contributed by atoms with Gasteiger partial charge < -0.3 is 24.1 Å². The highest BCUT2D eigenvalue weighted by Gasteiger charge is 2.36. The van der Waals surface area contributed by atoms with Crippen molar-refractivity contribution in [3.63, 3.8) is 0 Å². The van der Waals surface area contributed by atoms with E-state index in [1.165, 1.54) is 14.0 Å². The van der Waals surface area contributed by atoms with Gasteiger partial charge in [-0.15, -0.1) is 0 Å². The number of carbonyl (C=O) groups excluding carboxylic acids is 2. The fourth-order valence-corrected chi connectivity index (χ4v) is 3.36. The second-order valence-corrected chi connectivity index (χ2v) is 8.32. The van der Waals surface area contributed by atoms with Crippen LogP contribution in [0.3, 0.4) is 0 Å². The number of carbonyl (C=O) groups is 2. The highest BCUT2D eigenvalue weighted by Crippen LogP contribution is 2.34. The van der Waals surface area contributed by atoms with Crippen molar-refractivity contribution in [1.29, 1.82) is 0 Å². The molecule has 1 amide bonds. The molecule has 0 aromatic heterocycles. The van der Waals surface area contributed by atoms with Gasteiger partial charge in [0.15, 0.2) is 28.3 Å². The number of hydrogen-bond donors (Lipinski definition) is 3. The summed E-state index contributed by atoms with van der Waals surface area (Å²) in [7, 11) is 1.49. The monoisotopic (exact) mass is 444 g/mol. The highest BCUT2D eigenvalue weighted by molar-refractivity contribution is 7.79. The van der Waals surface area contributed by atoms with Crippen molar-refractivity contribution >= 4 is 23.0 Å². The largest absolute Gasteiger partial charge is 0.493 e. The Morgan fingerprint density at radius 3 is 2.47 bits per heavy atom. The predicted molar refractivity (Wildman–Crippen MR) is 113 cm³/mol. The molecule has 0 bridgehead atoms. The smallest absolute Gasteiger partial charge is 0.330 e. The van der Waals surface area contributed by atoms with E-state index in [4.69, 9.17) is 19.9 Å². The van der Waals surface area contributed by atoms with E-state index in [2.05, 4.69) is 5.32 Å². The summed E-state index contributed by atoms with van der Waals surface area (Å²) in [6.07, 6.45) is 0.238. The van der Waals surface area contributed by atoms with E-state index in [0.29, 0.717) is 30.1 Å². The molecule has 0 fully saturated rings. The van der Waals surface area contributed by atoms with Crippen LogP contribution in [0.2, 0.25) is 0 Å². The first-order chi connectivity index (χ1) is 14.0. The summed E-state index contributed by atoms with van der Waals surface area (Å²) in [5, 5.41) is 2.58. The Bertz CT molecular complexity index is 757. The number of benzene rings is 1. The Morgan fingerprint density at radius 1 is 1.30 bits per heavy atom. The fourth-order valence-electron chi connectivity index (χ4n) is 2.88. The van der Waals surface area contributed by atoms with Crippen LogP contribution in [0.1, 0.15) is 46.1 Å². The molecule has 10 heteroatoms. The SMILES string of the molecule is CCOc1cc([C@](N)(CCS(=O)O)OC(=O)[C@H](CC(C)C)NC(C)=O)ccc1OC. The molecule has 0 aliphatic heterocycles. The molecule has 0 aliphatic carbocycles. The van der Waals surface area contributed by atoms with Gasteiger partial charge in [0.25, 0.3) is 0 Å². The van der Waals surface area contributed by atoms with Crippen LogP contribution in [-0.2, 0) is 31.1 Å². The minimum absolute atomic E-state index is 0.108. The molecule has 3 atom stereocenters. The van der Waals surface area contributed by atoms with E-state index in [0.717, 1.165) is 0 Å². The van der Waals surface area contributed by atoms with Gasteiger partial charge in [-0.25, -0.2) is 9.00 Å². The number of ether oxygens (including phenoxy) is 3. The van der Waals surface area contributed by atoms with E-state index < -0.39 is 28.8 Å². The zero-order chi connectivity index (χ0) is 22.9. The first kappa shape index (κ1) is 25.9. The first-order valence-electron chi connectivity index (χ1n) is 9.70. The Hall–Kier alpha value is -2.17. The molecule has 0 spiro atoms. The third-order valence-electron chi connectivity index (χ3n) is 4.25. The van der Waals surface area contributed by atoms with E-state index in [1.807, 2.05) is 13.8 Å². The molecule has 0 saturated carbocycles. The Balaban J connectivity index is 3.29.